The molecule has 0 saturated heterocycles. The van der Waals surface area contributed by atoms with Crippen molar-refractivity contribution in [1.29, 1.82) is 0 Å². The fourth-order valence-electron chi connectivity index (χ4n) is 3.53. The van der Waals surface area contributed by atoms with E-state index in [0.29, 0.717) is 6.54 Å². The number of rotatable bonds is 3. The Balaban J connectivity index is 1.73. The molecule has 3 aromatic rings. The van der Waals surface area contributed by atoms with E-state index < -0.39 is 0 Å². The van der Waals surface area contributed by atoms with E-state index in [1.165, 1.54) is 11.1 Å². The highest BCUT2D eigenvalue weighted by atomic mass is 16.1. The molecule has 2 atom stereocenters. The predicted molar refractivity (Wildman–Crippen MR) is 96.2 cm³/mol. The number of nitrogens with one attached hydrogen (secondary N) is 1. The first-order valence-electron chi connectivity index (χ1n) is 8.31. The maximum absolute atomic E-state index is 13.0. The standard InChI is InChI=1S/C22H19NO/c24-22(17-11-5-2-6-12-17)20-15-23-21(16-9-3-1-4-10-16)19-14-8-7-13-18(19)20/h1-14,20-21,23H,15H2. The molecule has 4 rings (SSSR count). The minimum Gasteiger partial charge on any atom is -0.305 e. The third-order valence-corrected chi connectivity index (χ3v) is 4.72. The Morgan fingerprint density at radius 1 is 0.750 bits per heavy atom. The summed E-state index contributed by atoms with van der Waals surface area (Å²) in [5, 5.41) is 3.57. The van der Waals surface area contributed by atoms with Crippen molar-refractivity contribution in [3.05, 3.63) is 107 Å². The summed E-state index contributed by atoms with van der Waals surface area (Å²) in [5.41, 5.74) is 4.34. The lowest BCUT2D eigenvalue weighted by Gasteiger charge is -2.32. The normalized spacial score (nSPS) is 19.5. The number of carbonyl (C=O) groups is 1. The third-order valence-electron chi connectivity index (χ3n) is 4.72. The van der Waals surface area contributed by atoms with Crippen molar-refractivity contribution in [2.24, 2.45) is 0 Å². The second-order valence-electron chi connectivity index (χ2n) is 6.16. The molecule has 1 N–H and O–H groups in total. The van der Waals surface area contributed by atoms with Crippen LogP contribution in [0, 0.1) is 0 Å². The molecule has 3 aromatic carbocycles. The first-order valence-corrected chi connectivity index (χ1v) is 8.31. The molecule has 0 aliphatic carbocycles. The number of fused-ring (bicyclic) bond motifs is 1. The van der Waals surface area contributed by atoms with Crippen molar-refractivity contribution in [3.8, 4) is 0 Å². The van der Waals surface area contributed by atoms with Crippen LogP contribution in [0.3, 0.4) is 0 Å². The molecule has 2 nitrogen and oxygen atoms in total. The Bertz CT molecular complexity index is 842. The van der Waals surface area contributed by atoms with Gasteiger partial charge in [0.15, 0.2) is 5.78 Å². The molecule has 0 saturated carbocycles. The number of hydrogen-bond acceptors (Lipinski definition) is 2. The van der Waals surface area contributed by atoms with Crippen LogP contribution in [0.25, 0.3) is 0 Å². The van der Waals surface area contributed by atoms with Crippen LogP contribution in [0.5, 0.6) is 0 Å². The molecule has 118 valence electrons. The number of Topliss-reactive ketones (excluding diaryl/α,β-unsaturated/α-hetero) is 1. The van der Waals surface area contributed by atoms with E-state index in [1.807, 2.05) is 48.5 Å². The Morgan fingerprint density at radius 3 is 2.04 bits per heavy atom. The number of ketones is 1. The molecule has 0 spiro atoms. The van der Waals surface area contributed by atoms with Gasteiger partial charge in [-0.2, -0.15) is 0 Å². The summed E-state index contributed by atoms with van der Waals surface area (Å²) in [6.07, 6.45) is 0. The number of carbonyl (C=O) groups excluding carboxylic acids is 1. The highest BCUT2D eigenvalue weighted by Gasteiger charge is 2.31. The van der Waals surface area contributed by atoms with Crippen LogP contribution >= 0.6 is 0 Å². The highest BCUT2D eigenvalue weighted by molar-refractivity contribution is 6.01. The van der Waals surface area contributed by atoms with Crippen molar-refractivity contribution in [2.75, 3.05) is 6.54 Å². The predicted octanol–water partition coefficient (Wildman–Crippen LogP) is 4.35. The summed E-state index contributed by atoms with van der Waals surface area (Å²) in [4.78, 5) is 13.0. The fourth-order valence-corrected chi connectivity index (χ4v) is 3.53. The van der Waals surface area contributed by atoms with Gasteiger partial charge in [-0.1, -0.05) is 84.9 Å². The van der Waals surface area contributed by atoms with E-state index in [1.54, 1.807) is 0 Å². The van der Waals surface area contributed by atoms with Crippen LogP contribution in [-0.2, 0) is 0 Å². The molecule has 24 heavy (non-hydrogen) atoms. The van der Waals surface area contributed by atoms with Gasteiger partial charge in [0.05, 0.1) is 12.0 Å². The van der Waals surface area contributed by atoms with Gasteiger partial charge in [-0.15, -0.1) is 0 Å². The van der Waals surface area contributed by atoms with Crippen LogP contribution < -0.4 is 5.32 Å². The van der Waals surface area contributed by atoms with Crippen molar-refractivity contribution in [3.63, 3.8) is 0 Å². The minimum atomic E-state index is -0.136. The van der Waals surface area contributed by atoms with Gasteiger partial charge in [0, 0.05) is 12.1 Å². The lowest BCUT2D eigenvalue weighted by Crippen LogP contribution is -2.37. The number of benzene rings is 3. The average molecular weight is 313 g/mol. The van der Waals surface area contributed by atoms with Gasteiger partial charge in [-0.25, -0.2) is 0 Å². The summed E-state index contributed by atoms with van der Waals surface area (Å²) in [6.45, 7) is 0.657. The molecular weight excluding hydrogens is 294 g/mol. The van der Waals surface area contributed by atoms with Crippen LogP contribution in [0.15, 0.2) is 84.9 Å². The smallest absolute Gasteiger partial charge is 0.171 e. The molecule has 0 amide bonds. The zero-order valence-corrected chi connectivity index (χ0v) is 13.4. The zero-order chi connectivity index (χ0) is 16.4. The topological polar surface area (TPSA) is 29.1 Å². The van der Waals surface area contributed by atoms with E-state index in [0.717, 1.165) is 11.1 Å². The van der Waals surface area contributed by atoms with Gasteiger partial charge in [0.2, 0.25) is 0 Å². The van der Waals surface area contributed by atoms with E-state index in [2.05, 4.69) is 41.7 Å². The summed E-state index contributed by atoms with van der Waals surface area (Å²) < 4.78 is 0. The van der Waals surface area contributed by atoms with Crippen molar-refractivity contribution in [2.45, 2.75) is 12.0 Å². The van der Waals surface area contributed by atoms with Crippen LogP contribution in [-0.4, -0.2) is 12.3 Å². The zero-order valence-electron chi connectivity index (χ0n) is 13.4. The van der Waals surface area contributed by atoms with E-state index in [9.17, 15) is 4.79 Å². The first-order chi connectivity index (χ1) is 11.8. The van der Waals surface area contributed by atoms with Gasteiger partial charge >= 0.3 is 0 Å². The molecule has 0 fully saturated rings. The maximum Gasteiger partial charge on any atom is 0.171 e. The molecule has 1 aliphatic rings. The second kappa shape index (κ2) is 6.42. The quantitative estimate of drug-likeness (QED) is 0.729. The largest absolute Gasteiger partial charge is 0.305 e. The maximum atomic E-state index is 13.0. The highest BCUT2D eigenvalue weighted by Crippen LogP contribution is 2.35. The van der Waals surface area contributed by atoms with Gasteiger partial charge in [-0.3, -0.25) is 4.79 Å². The Morgan fingerprint density at radius 2 is 1.33 bits per heavy atom. The summed E-state index contributed by atoms with van der Waals surface area (Å²) in [7, 11) is 0. The van der Waals surface area contributed by atoms with E-state index in [-0.39, 0.29) is 17.7 Å². The Hall–Kier alpha value is -2.71. The average Bonchev–Trinajstić information content (AvgIpc) is 2.68. The third kappa shape index (κ3) is 2.66. The first kappa shape index (κ1) is 14.9. The van der Waals surface area contributed by atoms with Crippen LogP contribution in [0.1, 0.15) is 39.0 Å². The van der Waals surface area contributed by atoms with Gasteiger partial charge in [-0.05, 0) is 16.7 Å². The molecule has 1 heterocycles. The molecule has 2 unspecified atom stereocenters. The van der Waals surface area contributed by atoms with Crippen molar-refractivity contribution in [1.82, 2.24) is 5.32 Å². The molecule has 0 radical (unpaired) electrons. The lowest BCUT2D eigenvalue weighted by molar-refractivity contribution is 0.0953. The van der Waals surface area contributed by atoms with Crippen LogP contribution in [0.4, 0.5) is 0 Å². The van der Waals surface area contributed by atoms with Gasteiger partial charge in [0.25, 0.3) is 0 Å². The molecule has 1 aliphatic heterocycles. The lowest BCUT2D eigenvalue weighted by atomic mass is 9.80. The monoisotopic (exact) mass is 313 g/mol. The summed E-state index contributed by atoms with van der Waals surface area (Å²) in [5.74, 6) is 0.0469. The second-order valence-corrected chi connectivity index (χ2v) is 6.16. The van der Waals surface area contributed by atoms with Crippen LogP contribution in [0.2, 0.25) is 0 Å². The molecule has 0 aromatic heterocycles. The Labute approximate surface area is 142 Å². The summed E-state index contributed by atoms with van der Waals surface area (Å²) in [6, 6.07) is 28.4. The van der Waals surface area contributed by atoms with E-state index in [4.69, 9.17) is 0 Å². The minimum absolute atomic E-state index is 0.136. The fraction of sp³-hybridized carbons (Fsp3) is 0.136. The molecule has 0 bridgehead atoms. The Kier molecular flexibility index (Phi) is 3.97. The number of hydrogen-bond donors (Lipinski definition) is 1. The van der Waals surface area contributed by atoms with Crippen molar-refractivity contribution < 1.29 is 4.79 Å². The molecular formula is C22H19NO. The van der Waals surface area contributed by atoms with Crippen molar-refractivity contribution >= 4 is 5.78 Å². The molecule has 2 heteroatoms. The SMILES string of the molecule is O=C(c1ccccc1)C1CNC(c2ccccc2)c2ccccc21. The van der Waals surface area contributed by atoms with Gasteiger partial charge in [0.1, 0.15) is 0 Å². The van der Waals surface area contributed by atoms with Gasteiger partial charge < -0.3 is 5.32 Å². The summed E-state index contributed by atoms with van der Waals surface area (Å²) >= 11 is 0. The van der Waals surface area contributed by atoms with E-state index >= 15 is 0 Å².